The number of benzene rings is 1. The number of urea groups is 1. The predicted octanol–water partition coefficient (Wildman–Crippen LogP) is 2.20. The molecule has 6 nitrogen and oxygen atoms in total. The highest BCUT2D eigenvalue weighted by atomic mass is 35.5. The van der Waals surface area contributed by atoms with E-state index < -0.39 is 0 Å². The standard InChI is InChI=1S/C14H17ClN2O4/c1-9-8-17(14(19)16-6-5-13(18)20-2)11-7-10(15)3-4-12(11)21-9/h3-4,7,9H,5-6,8H2,1-2H3,(H,16,19)/t9-/m0/s1. The molecule has 1 N–H and O–H groups in total. The van der Waals surface area contributed by atoms with Gasteiger partial charge in [-0.25, -0.2) is 4.79 Å². The van der Waals surface area contributed by atoms with E-state index >= 15 is 0 Å². The maximum absolute atomic E-state index is 12.3. The number of amides is 2. The Balaban J connectivity index is 2.07. The van der Waals surface area contributed by atoms with Crippen molar-refractivity contribution >= 4 is 29.3 Å². The lowest BCUT2D eigenvalue weighted by Crippen LogP contribution is -2.47. The summed E-state index contributed by atoms with van der Waals surface area (Å²) in [6.07, 6.45) is 0.00916. The molecule has 1 aliphatic heterocycles. The van der Waals surface area contributed by atoms with E-state index in [0.717, 1.165) is 0 Å². The molecule has 1 heterocycles. The Bertz CT molecular complexity index is 550. The van der Waals surface area contributed by atoms with Crippen molar-refractivity contribution in [2.24, 2.45) is 0 Å². The van der Waals surface area contributed by atoms with Crippen LogP contribution in [0.4, 0.5) is 10.5 Å². The van der Waals surface area contributed by atoms with Crippen LogP contribution in [0.3, 0.4) is 0 Å². The van der Waals surface area contributed by atoms with Gasteiger partial charge in [0.25, 0.3) is 0 Å². The van der Waals surface area contributed by atoms with Gasteiger partial charge in [0.15, 0.2) is 0 Å². The second kappa shape index (κ2) is 6.67. The number of nitrogens with one attached hydrogen (secondary N) is 1. The van der Waals surface area contributed by atoms with E-state index in [1.807, 2.05) is 6.92 Å². The molecule has 21 heavy (non-hydrogen) atoms. The van der Waals surface area contributed by atoms with Gasteiger partial charge in [0.1, 0.15) is 11.9 Å². The van der Waals surface area contributed by atoms with Crippen LogP contribution in [0, 0.1) is 0 Å². The molecular weight excluding hydrogens is 296 g/mol. The summed E-state index contributed by atoms with van der Waals surface area (Å²) in [5, 5.41) is 3.21. The summed E-state index contributed by atoms with van der Waals surface area (Å²) in [7, 11) is 1.31. The van der Waals surface area contributed by atoms with Crippen LogP contribution in [0.1, 0.15) is 13.3 Å². The maximum Gasteiger partial charge on any atom is 0.322 e. The number of hydrogen-bond donors (Lipinski definition) is 1. The molecular formula is C14H17ClN2O4. The Hall–Kier alpha value is -1.95. The fraction of sp³-hybridized carbons (Fsp3) is 0.429. The van der Waals surface area contributed by atoms with Gasteiger partial charge >= 0.3 is 12.0 Å². The predicted molar refractivity (Wildman–Crippen MR) is 78.9 cm³/mol. The summed E-state index contributed by atoms with van der Waals surface area (Å²) < 4.78 is 10.2. The molecule has 2 rings (SSSR count). The number of carbonyl (C=O) groups excluding carboxylic acids is 2. The zero-order chi connectivity index (χ0) is 15.4. The van der Waals surface area contributed by atoms with E-state index in [1.165, 1.54) is 7.11 Å². The van der Waals surface area contributed by atoms with Crippen molar-refractivity contribution in [1.29, 1.82) is 0 Å². The van der Waals surface area contributed by atoms with E-state index in [-0.39, 0.29) is 31.1 Å². The van der Waals surface area contributed by atoms with Crippen molar-refractivity contribution in [3.8, 4) is 5.75 Å². The highest BCUT2D eigenvalue weighted by Gasteiger charge is 2.27. The molecule has 0 saturated heterocycles. The highest BCUT2D eigenvalue weighted by molar-refractivity contribution is 6.31. The van der Waals surface area contributed by atoms with E-state index in [2.05, 4.69) is 10.1 Å². The Kier molecular flexibility index (Phi) is 4.90. The summed E-state index contributed by atoms with van der Waals surface area (Å²) in [5.41, 5.74) is 0.621. The number of ether oxygens (including phenoxy) is 2. The van der Waals surface area contributed by atoms with Crippen molar-refractivity contribution in [3.05, 3.63) is 23.2 Å². The number of carbonyl (C=O) groups is 2. The molecule has 0 unspecified atom stereocenters. The van der Waals surface area contributed by atoms with Crippen molar-refractivity contribution in [1.82, 2.24) is 5.32 Å². The molecule has 1 aromatic rings. The van der Waals surface area contributed by atoms with Gasteiger partial charge in [-0.3, -0.25) is 9.69 Å². The molecule has 7 heteroatoms. The lowest BCUT2D eigenvalue weighted by molar-refractivity contribution is -0.140. The zero-order valence-corrected chi connectivity index (χ0v) is 12.6. The fourth-order valence-corrected chi connectivity index (χ4v) is 2.24. The molecule has 0 saturated carbocycles. The molecule has 0 radical (unpaired) electrons. The molecule has 1 aliphatic rings. The van der Waals surface area contributed by atoms with Crippen molar-refractivity contribution in [2.75, 3.05) is 25.1 Å². The topological polar surface area (TPSA) is 67.9 Å². The number of halogens is 1. The van der Waals surface area contributed by atoms with Crippen LogP contribution in [0.15, 0.2) is 18.2 Å². The summed E-state index contributed by atoms with van der Waals surface area (Å²) in [6.45, 7) is 2.51. The minimum atomic E-state index is -0.367. The molecule has 0 bridgehead atoms. The van der Waals surface area contributed by atoms with Gasteiger partial charge in [0, 0.05) is 11.6 Å². The minimum Gasteiger partial charge on any atom is -0.487 e. The third-order valence-corrected chi connectivity index (χ3v) is 3.29. The minimum absolute atomic E-state index is 0.120. The molecule has 0 spiro atoms. The Morgan fingerprint density at radius 3 is 3.00 bits per heavy atom. The number of esters is 1. The second-order valence-corrected chi connectivity index (χ2v) is 5.15. The first-order valence-corrected chi connectivity index (χ1v) is 6.97. The summed E-state index contributed by atoms with van der Waals surface area (Å²) in [4.78, 5) is 24.9. The first-order valence-electron chi connectivity index (χ1n) is 6.59. The van der Waals surface area contributed by atoms with Gasteiger partial charge in [-0.15, -0.1) is 0 Å². The molecule has 0 aliphatic carbocycles. The Morgan fingerprint density at radius 2 is 2.29 bits per heavy atom. The maximum atomic E-state index is 12.3. The summed E-state index contributed by atoms with van der Waals surface area (Å²) in [6, 6.07) is 4.84. The van der Waals surface area contributed by atoms with Crippen LogP contribution >= 0.6 is 11.6 Å². The lowest BCUT2D eigenvalue weighted by Gasteiger charge is -2.33. The van der Waals surface area contributed by atoms with E-state index in [9.17, 15) is 9.59 Å². The monoisotopic (exact) mass is 312 g/mol. The van der Waals surface area contributed by atoms with Crippen molar-refractivity contribution in [2.45, 2.75) is 19.4 Å². The van der Waals surface area contributed by atoms with Crippen LogP contribution in [0.25, 0.3) is 0 Å². The van der Waals surface area contributed by atoms with Gasteiger partial charge < -0.3 is 14.8 Å². The SMILES string of the molecule is COC(=O)CCNC(=O)N1C[C@H](C)Oc2ccc(Cl)cc21. The molecule has 114 valence electrons. The number of rotatable bonds is 3. The number of nitrogens with zero attached hydrogens (tertiary/aromatic N) is 1. The number of anilines is 1. The van der Waals surface area contributed by atoms with Crippen LogP contribution in [-0.2, 0) is 9.53 Å². The van der Waals surface area contributed by atoms with Gasteiger partial charge in [-0.2, -0.15) is 0 Å². The average Bonchev–Trinajstić information content (AvgIpc) is 2.46. The van der Waals surface area contributed by atoms with Crippen LogP contribution < -0.4 is 15.0 Å². The molecule has 2 amide bonds. The van der Waals surface area contributed by atoms with Gasteiger partial charge in [-0.1, -0.05) is 11.6 Å². The molecule has 0 fully saturated rings. The van der Waals surface area contributed by atoms with E-state index in [1.54, 1.807) is 23.1 Å². The van der Waals surface area contributed by atoms with Crippen LogP contribution in [0.5, 0.6) is 5.75 Å². The fourth-order valence-electron chi connectivity index (χ4n) is 2.07. The lowest BCUT2D eigenvalue weighted by atomic mass is 10.2. The largest absolute Gasteiger partial charge is 0.487 e. The third-order valence-electron chi connectivity index (χ3n) is 3.06. The summed E-state index contributed by atoms with van der Waals surface area (Å²) in [5.74, 6) is 0.246. The van der Waals surface area contributed by atoms with Gasteiger partial charge in [0.05, 0.1) is 25.8 Å². The second-order valence-electron chi connectivity index (χ2n) is 4.71. The number of methoxy groups -OCH3 is 1. The van der Waals surface area contributed by atoms with Crippen molar-refractivity contribution in [3.63, 3.8) is 0 Å². The number of fused-ring (bicyclic) bond motifs is 1. The Morgan fingerprint density at radius 1 is 1.52 bits per heavy atom. The van der Waals surface area contributed by atoms with Crippen molar-refractivity contribution < 1.29 is 19.1 Å². The van der Waals surface area contributed by atoms with E-state index in [0.29, 0.717) is 23.0 Å². The van der Waals surface area contributed by atoms with Crippen LogP contribution in [0.2, 0.25) is 5.02 Å². The number of hydrogen-bond acceptors (Lipinski definition) is 4. The van der Waals surface area contributed by atoms with E-state index in [4.69, 9.17) is 16.3 Å². The van der Waals surface area contributed by atoms with Gasteiger partial charge in [0.2, 0.25) is 0 Å². The highest BCUT2D eigenvalue weighted by Crippen LogP contribution is 2.35. The summed E-state index contributed by atoms with van der Waals surface area (Å²) >= 11 is 5.97. The smallest absolute Gasteiger partial charge is 0.322 e. The average molecular weight is 313 g/mol. The first kappa shape index (κ1) is 15.4. The molecule has 1 aromatic carbocycles. The zero-order valence-electron chi connectivity index (χ0n) is 11.9. The molecule has 1 atom stereocenters. The third kappa shape index (κ3) is 3.78. The molecule has 0 aromatic heterocycles. The van der Waals surface area contributed by atoms with Crippen LogP contribution in [-0.4, -0.2) is 38.3 Å². The quantitative estimate of drug-likeness (QED) is 0.869. The van der Waals surface area contributed by atoms with Gasteiger partial charge in [-0.05, 0) is 25.1 Å². The normalized spacial score (nSPS) is 16.7. The first-order chi connectivity index (χ1) is 10.0. The Labute approximate surface area is 128 Å².